The maximum absolute atomic E-state index is 5.20. The fourth-order valence-corrected chi connectivity index (χ4v) is 1.67. The van der Waals surface area contributed by atoms with Gasteiger partial charge in [-0.1, -0.05) is 18.2 Å². The summed E-state index contributed by atoms with van der Waals surface area (Å²) in [7, 11) is 0. The molecule has 0 bridgehead atoms. The molecule has 1 saturated heterocycles. The first-order valence-corrected chi connectivity index (χ1v) is 4.81. The van der Waals surface area contributed by atoms with Crippen LogP contribution in [0.25, 0.3) is 0 Å². The third-order valence-corrected chi connectivity index (χ3v) is 2.49. The molecule has 2 nitrogen and oxygen atoms in total. The maximum Gasteiger partial charge on any atom is 0.0757 e. The number of rotatable bonds is 3. The minimum atomic E-state index is 0.590. The SMILES string of the molecule is CCN(c1ccccc1)C1COC1. The van der Waals surface area contributed by atoms with Gasteiger partial charge in [0.25, 0.3) is 0 Å². The van der Waals surface area contributed by atoms with Crippen LogP contribution in [0.1, 0.15) is 6.92 Å². The Hall–Kier alpha value is -1.02. The molecule has 1 aromatic carbocycles. The summed E-state index contributed by atoms with van der Waals surface area (Å²) < 4.78 is 5.20. The van der Waals surface area contributed by atoms with Gasteiger partial charge in [0.15, 0.2) is 0 Å². The largest absolute Gasteiger partial charge is 0.377 e. The van der Waals surface area contributed by atoms with Crippen LogP contribution in [-0.2, 0) is 4.74 Å². The molecule has 1 aromatic rings. The second kappa shape index (κ2) is 3.79. The highest BCUT2D eigenvalue weighted by atomic mass is 16.5. The number of hydrogen-bond acceptors (Lipinski definition) is 2. The third-order valence-electron chi connectivity index (χ3n) is 2.49. The van der Waals surface area contributed by atoms with Crippen LogP contribution in [0.15, 0.2) is 30.3 Å². The van der Waals surface area contributed by atoms with Gasteiger partial charge in [-0.05, 0) is 19.1 Å². The van der Waals surface area contributed by atoms with E-state index < -0.39 is 0 Å². The average molecular weight is 177 g/mol. The zero-order chi connectivity index (χ0) is 9.10. The van der Waals surface area contributed by atoms with Crippen molar-refractivity contribution in [2.75, 3.05) is 24.7 Å². The number of benzene rings is 1. The molecule has 0 unspecified atom stereocenters. The molecule has 1 heterocycles. The van der Waals surface area contributed by atoms with Gasteiger partial charge in [0.2, 0.25) is 0 Å². The van der Waals surface area contributed by atoms with E-state index in [0.717, 1.165) is 19.8 Å². The minimum Gasteiger partial charge on any atom is -0.377 e. The summed E-state index contributed by atoms with van der Waals surface area (Å²) in [6.45, 7) is 4.99. The highest BCUT2D eigenvalue weighted by molar-refractivity contribution is 5.47. The third kappa shape index (κ3) is 1.68. The monoisotopic (exact) mass is 177 g/mol. The molecule has 0 aromatic heterocycles. The van der Waals surface area contributed by atoms with E-state index in [4.69, 9.17) is 4.74 Å². The summed E-state index contributed by atoms with van der Waals surface area (Å²) in [6, 6.07) is 11.1. The van der Waals surface area contributed by atoms with Gasteiger partial charge in [0.05, 0.1) is 19.3 Å². The molecule has 13 heavy (non-hydrogen) atoms. The number of hydrogen-bond donors (Lipinski definition) is 0. The molecule has 1 aliphatic rings. The summed E-state index contributed by atoms with van der Waals surface area (Å²) in [4.78, 5) is 2.39. The van der Waals surface area contributed by atoms with Gasteiger partial charge >= 0.3 is 0 Å². The van der Waals surface area contributed by atoms with Crippen molar-refractivity contribution in [1.82, 2.24) is 0 Å². The van der Waals surface area contributed by atoms with Gasteiger partial charge in [-0.3, -0.25) is 0 Å². The maximum atomic E-state index is 5.20. The van der Waals surface area contributed by atoms with E-state index >= 15 is 0 Å². The topological polar surface area (TPSA) is 12.5 Å². The summed E-state index contributed by atoms with van der Waals surface area (Å²) in [6.07, 6.45) is 0. The Bertz CT molecular complexity index is 256. The van der Waals surface area contributed by atoms with Crippen molar-refractivity contribution in [2.45, 2.75) is 13.0 Å². The van der Waals surface area contributed by atoms with Crippen molar-refractivity contribution in [3.63, 3.8) is 0 Å². The second-order valence-electron chi connectivity index (χ2n) is 3.31. The van der Waals surface area contributed by atoms with Crippen LogP contribution in [-0.4, -0.2) is 25.8 Å². The molecule has 0 radical (unpaired) electrons. The number of para-hydroxylation sites is 1. The van der Waals surface area contributed by atoms with Crippen LogP contribution in [0.2, 0.25) is 0 Å². The van der Waals surface area contributed by atoms with E-state index in [1.54, 1.807) is 0 Å². The lowest BCUT2D eigenvalue weighted by atomic mass is 10.2. The standard InChI is InChI=1S/C11H15NO/c1-2-12(11-8-13-9-11)10-6-4-3-5-7-10/h3-7,11H,2,8-9H2,1H3. The van der Waals surface area contributed by atoms with E-state index in [1.807, 2.05) is 0 Å². The zero-order valence-electron chi connectivity index (χ0n) is 7.94. The lowest BCUT2D eigenvalue weighted by Crippen LogP contribution is -2.49. The molecule has 70 valence electrons. The Morgan fingerprint density at radius 3 is 2.46 bits per heavy atom. The highest BCUT2D eigenvalue weighted by Crippen LogP contribution is 2.19. The van der Waals surface area contributed by atoms with E-state index in [1.165, 1.54) is 5.69 Å². The second-order valence-corrected chi connectivity index (χ2v) is 3.31. The van der Waals surface area contributed by atoms with Crippen LogP contribution in [0, 0.1) is 0 Å². The van der Waals surface area contributed by atoms with Crippen molar-refractivity contribution in [3.8, 4) is 0 Å². The van der Waals surface area contributed by atoms with Crippen LogP contribution in [0.4, 0.5) is 5.69 Å². The van der Waals surface area contributed by atoms with E-state index in [9.17, 15) is 0 Å². The first-order valence-electron chi connectivity index (χ1n) is 4.81. The molecule has 0 spiro atoms. The van der Waals surface area contributed by atoms with Crippen molar-refractivity contribution >= 4 is 5.69 Å². The van der Waals surface area contributed by atoms with Gasteiger partial charge in [0, 0.05) is 12.2 Å². The average Bonchev–Trinajstić information content (AvgIpc) is 2.12. The number of likely N-dealkylation sites (N-methyl/N-ethyl adjacent to an activating group) is 1. The molecule has 0 atom stereocenters. The molecule has 0 aliphatic carbocycles. The van der Waals surface area contributed by atoms with Crippen LogP contribution < -0.4 is 4.90 Å². The Morgan fingerprint density at radius 1 is 1.31 bits per heavy atom. The van der Waals surface area contributed by atoms with Crippen molar-refractivity contribution in [3.05, 3.63) is 30.3 Å². The Labute approximate surface area is 79.1 Å². The smallest absolute Gasteiger partial charge is 0.0757 e. The Balaban J connectivity index is 2.12. The predicted octanol–water partition coefficient (Wildman–Crippen LogP) is 1.91. The first-order chi connectivity index (χ1) is 6.42. The molecule has 0 saturated carbocycles. The van der Waals surface area contributed by atoms with E-state index in [2.05, 4.69) is 42.2 Å². The van der Waals surface area contributed by atoms with Crippen molar-refractivity contribution in [2.24, 2.45) is 0 Å². The molecule has 1 aliphatic heterocycles. The summed E-state index contributed by atoms with van der Waals surface area (Å²) in [5.41, 5.74) is 1.30. The fourth-order valence-electron chi connectivity index (χ4n) is 1.67. The molecule has 2 rings (SSSR count). The van der Waals surface area contributed by atoms with Gasteiger partial charge in [-0.2, -0.15) is 0 Å². The number of anilines is 1. The lowest BCUT2D eigenvalue weighted by Gasteiger charge is -2.38. The Morgan fingerprint density at radius 2 is 2.00 bits per heavy atom. The van der Waals surface area contributed by atoms with Gasteiger partial charge in [0.1, 0.15) is 0 Å². The van der Waals surface area contributed by atoms with Gasteiger partial charge in [-0.25, -0.2) is 0 Å². The van der Waals surface area contributed by atoms with E-state index in [0.29, 0.717) is 6.04 Å². The quantitative estimate of drug-likeness (QED) is 0.699. The number of ether oxygens (including phenoxy) is 1. The predicted molar refractivity (Wildman–Crippen MR) is 54.1 cm³/mol. The normalized spacial score (nSPS) is 16.7. The molecule has 1 fully saturated rings. The molecule has 0 N–H and O–H groups in total. The van der Waals surface area contributed by atoms with Gasteiger partial charge in [-0.15, -0.1) is 0 Å². The fraction of sp³-hybridized carbons (Fsp3) is 0.455. The summed E-state index contributed by atoms with van der Waals surface area (Å²) in [5, 5.41) is 0. The zero-order valence-corrected chi connectivity index (χ0v) is 7.94. The van der Waals surface area contributed by atoms with Gasteiger partial charge < -0.3 is 9.64 Å². The summed E-state index contributed by atoms with van der Waals surface area (Å²) in [5.74, 6) is 0. The van der Waals surface area contributed by atoms with Crippen LogP contribution >= 0.6 is 0 Å². The summed E-state index contributed by atoms with van der Waals surface area (Å²) >= 11 is 0. The minimum absolute atomic E-state index is 0.590. The van der Waals surface area contributed by atoms with E-state index in [-0.39, 0.29) is 0 Å². The lowest BCUT2D eigenvalue weighted by molar-refractivity contribution is 0.00848. The Kier molecular flexibility index (Phi) is 2.50. The molecule has 0 amide bonds. The van der Waals surface area contributed by atoms with Crippen LogP contribution in [0.5, 0.6) is 0 Å². The van der Waals surface area contributed by atoms with Crippen molar-refractivity contribution in [1.29, 1.82) is 0 Å². The van der Waals surface area contributed by atoms with Crippen LogP contribution in [0.3, 0.4) is 0 Å². The first kappa shape index (κ1) is 8.57. The van der Waals surface area contributed by atoms with Crippen molar-refractivity contribution < 1.29 is 4.74 Å². The molecule has 2 heteroatoms. The molecular weight excluding hydrogens is 162 g/mol. The number of nitrogens with zero attached hydrogens (tertiary/aromatic N) is 1. The molecular formula is C11H15NO. The highest BCUT2D eigenvalue weighted by Gasteiger charge is 2.24.